The van der Waals surface area contributed by atoms with E-state index < -0.39 is 6.10 Å². The molecule has 0 saturated heterocycles. The Kier molecular flexibility index (Phi) is 9.69. The molecule has 0 aliphatic carbocycles. The molecule has 190 valence electrons. The van der Waals surface area contributed by atoms with Crippen LogP contribution in [0.25, 0.3) is 0 Å². The van der Waals surface area contributed by atoms with Gasteiger partial charge in [-0.1, -0.05) is 41.9 Å². The number of rotatable bonds is 12. The van der Waals surface area contributed by atoms with Crippen LogP contribution in [-0.2, 0) is 29.0 Å². The lowest BCUT2D eigenvalue weighted by molar-refractivity contribution is -0.120. The van der Waals surface area contributed by atoms with Crippen LogP contribution in [0.1, 0.15) is 35.3 Å². The van der Waals surface area contributed by atoms with Crippen molar-refractivity contribution in [2.45, 2.75) is 38.5 Å². The summed E-state index contributed by atoms with van der Waals surface area (Å²) in [6.07, 6.45) is 0.530. The van der Waals surface area contributed by atoms with Gasteiger partial charge in [0.1, 0.15) is 11.5 Å². The summed E-state index contributed by atoms with van der Waals surface area (Å²) >= 11 is 5.95. The number of carbonyl (C=O) groups is 2. The number of phenols is 2. The Morgan fingerprint density at radius 3 is 2.56 bits per heavy atom. The van der Waals surface area contributed by atoms with Gasteiger partial charge in [-0.15, -0.1) is 0 Å². The monoisotopic (exact) mass is 511 g/mol. The molecule has 0 aromatic heterocycles. The van der Waals surface area contributed by atoms with Crippen LogP contribution >= 0.6 is 11.6 Å². The van der Waals surface area contributed by atoms with Gasteiger partial charge in [0.15, 0.2) is 0 Å². The number of amides is 2. The molecule has 0 heterocycles. The third kappa shape index (κ3) is 7.98. The van der Waals surface area contributed by atoms with E-state index in [1.807, 2.05) is 31.2 Å². The van der Waals surface area contributed by atoms with Crippen LogP contribution in [0.2, 0.25) is 5.02 Å². The molecule has 8 nitrogen and oxygen atoms in total. The van der Waals surface area contributed by atoms with Gasteiger partial charge in [-0.05, 0) is 60.4 Å². The quantitative estimate of drug-likeness (QED) is 0.163. The van der Waals surface area contributed by atoms with Gasteiger partial charge in [0.25, 0.3) is 0 Å². The van der Waals surface area contributed by atoms with E-state index in [0.29, 0.717) is 29.0 Å². The first-order valence-electron chi connectivity index (χ1n) is 11.5. The molecular weight excluding hydrogens is 482 g/mol. The first-order chi connectivity index (χ1) is 17.2. The van der Waals surface area contributed by atoms with Gasteiger partial charge in [0.2, 0.25) is 12.3 Å². The molecule has 0 unspecified atom stereocenters. The average Bonchev–Trinajstić information content (AvgIpc) is 2.85. The van der Waals surface area contributed by atoms with Crippen molar-refractivity contribution >= 4 is 29.6 Å². The summed E-state index contributed by atoms with van der Waals surface area (Å²) in [5.41, 5.74) is 3.27. The van der Waals surface area contributed by atoms with Gasteiger partial charge < -0.3 is 31.3 Å². The Hall–Kier alpha value is -3.59. The number of nitrogens with one attached hydrogen (secondary N) is 3. The van der Waals surface area contributed by atoms with E-state index in [0.717, 1.165) is 11.1 Å². The fourth-order valence-electron chi connectivity index (χ4n) is 3.80. The third-order valence-electron chi connectivity index (χ3n) is 5.69. The lowest BCUT2D eigenvalue weighted by atomic mass is 10.0. The molecule has 3 aromatic rings. The molecule has 6 N–H and O–H groups in total. The van der Waals surface area contributed by atoms with Crippen molar-refractivity contribution in [1.82, 2.24) is 10.6 Å². The molecule has 2 atom stereocenters. The predicted octanol–water partition coefficient (Wildman–Crippen LogP) is 3.43. The zero-order valence-electron chi connectivity index (χ0n) is 19.9. The second kappa shape index (κ2) is 12.9. The summed E-state index contributed by atoms with van der Waals surface area (Å²) in [4.78, 5) is 23.1. The molecule has 0 aliphatic heterocycles. The van der Waals surface area contributed by atoms with Crippen molar-refractivity contribution in [2.75, 3.05) is 11.9 Å². The summed E-state index contributed by atoms with van der Waals surface area (Å²) in [7, 11) is 0. The number of aliphatic hydroxyl groups excluding tert-OH is 1. The number of anilines is 1. The zero-order valence-corrected chi connectivity index (χ0v) is 20.6. The van der Waals surface area contributed by atoms with Crippen molar-refractivity contribution < 1.29 is 24.9 Å². The number of carbonyl (C=O) groups excluding carboxylic acids is 2. The fraction of sp³-hybridized carbons (Fsp3) is 0.259. The molecular formula is C27H30ClN3O5. The minimum absolute atomic E-state index is 0.0409. The normalized spacial score (nSPS) is 12.5. The predicted molar refractivity (Wildman–Crippen MR) is 139 cm³/mol. The first-order valence-corrected chi connectivity index (χ1v) is 11.9. The Labute approximate surface area is 214 Å². The summed E-state index contributed by atoms with van der Waals surface area (Å²) in [5, 5.41) is 39.1. The van der Waals surface area contributed by atoms with Crippen molar-refractivity contribution in [1.29, 1.82) is 0 Å². The average molecular weight is 512 g/mol. The summed E-state index contributed by atoms with van der Waals surface area (Å²) in [5.74, 6) is -0.162. The van der Waals surface area contributed by atoms with Crippen LogP contribution in [-0.4, -0.2) is 40.2 Å². The molecule has 3 aromatic carbocycles. The van der Waals surface area contributed by atoms with Crippen LogP contribution < -0.4 is 16.0 Å². The molecule has 2 amide bonds. The van der Waals surface area contributed by atoms with E-state index in [1.54, 1.807) is 18.2 Å². The number of hydrogen-bond acceptors (Lipinski definition) is 6. The topological polar surface area (TPSA) is 131 Å². The highest BCUT2D eigenvalue weighted by Gasteiger charge is 2.13. The van der Waals surface area contributed by atoms with Crippen molar-refractivity contribution in [3.63, 3.8) is 0 Å². The van der Waals surface area contributed by atoms with Crippen LogP contribution in [0.3, 0.4) is 0 Å². The lowest BCUT2D eigenvalue weighted by Crippen LogP contribution is -2.32. The second-order valence-electron chi connectivity index (χ2n) is 8.61. The Morgan fingerprint density at radius 2 is 1.78 bits per heavy atom. The maximum atomic E-state index is 12.4. The van der Waals surface area contributed by atoms with Gasteiger partial charge >= 0.3 is 0 Å². The molecule has 3 rings (SSSR count). The van der Waals surface area contributed by atoms with Gasteiger partial charge in [0, 0.05) is 29.7 Å². The summed E-state index contributed by atoms with van der Waals surface area (Å²) < 4.78 is 0. The molecule has 36 heavy (non-hydrogen) atoms. The Morgan fingerprint density at radius 1 is 1.03 bits per heavy atom. The number of aromatic hydroxyl groups is 2. The fourth-order valence-corrected chi connectivity index (χ4v) is 4.00. The first kappa shape index (κ1) is 27.0. The summed E-state index contributed by atoms with van der Waals surface area (Å²) in [6.45, 7) is 2.46. The largest absolute Gasteiger partial charge is 0.508 e. The maximum Gasteiger partial charge on any atom is 0.224 e. The SMILES string of the molecule is C[C@H](Cc1cccc(CC(=O)NCc2cc(Cl)ccc2O)c1)NC[C@@H](O)c1ccc(O)c(NC=O)c1. The van der Waals surface area contributed by atoms with Gasteiger partial charge in [-0.2, -0.15) is 0 Å². The van der Waals surface area contributed by atoms with E-state index >= 15 is 0 Å². The molecule has 0 spiro atoms. The maximum absolute atomic E-state index is 12.4. The van der Waals surface area contributed by atoms with Gasteiger partial charge in [-0.3, -0.25) is 9.59 Å². The van der Waals surface area contributed by atoms with Crippen molar-refractivity contribution in [2.24, 2.45) is 0 Å². The number of benzene rings is 3. The molecule has 0 fully saturated rings. The van der Waals surface area contributed by atoms with Crippen LogP contribution in [0.4, 0.5) is 5.69 Å². The number of hydrogen-bond donors (Lipinski definition) is 6. The van der Waals surface area contributed by atoms with E-state index in [4.69, 9.17) is 11.6 Å². The standard InChI is InChI=1S/C27H30ClN3O5/c1-17(29-15-26(35)20-5-7-25(34)23(13-20)31-16-32)9-18-3-2-4-19(10-18)11-27(36)30-14-21-12-22(28)6-8-24(21)33/h2-8,10,12-13,16-17,26,29,33-35H,9,11,14-15H2,1H3,(H,30,36)(H,31,32)/t17-,26-/m1/s1. The number of aliphatic hydroxyl groups is 1. The second-order valence-corrected chi connectivity index (χ2v) is 9.05. The van der Waals surface area contributed by atoms with Crippen molar-refractivity contribution in [3.8, 4) is 11.5 Å². The van der Waals surface area contributed by atoms with Gasteiger partial charge in [0.05, 0.1) is 18.2 Å². The van der Waals surface area contributed by atoms with Crippen LogP contribution in [0.5, 0.6) is 11.5 Å². The molecule has 0 aliphatic rings. The Bertz CT molecular complexity index is 1200. The summed E-state index contributed by atoms with van der Waals surface area (Å²) in [6, 6.07) is 17.0. The Balaban J connectivity index is 1.49. The third-order valence-corrected chi connectivity index (χ3v) is 5.93. The number of phenolic OH excluding ortho intramolecular Hbond substituents is 2. The van der Waals surface area contributed by atoms with Crippen molar-refractivity contribution in [3.05, 3.63) is 87.9 Å². The lowest BCUT2D eigenvalue weighted by Gasteiger charge is -2.18. The minimum atomic E-state index is -0.825. The molecule has 0 saturated carbocycles. The molecule has 0 bridgehead atoms. The highest BCUT2D eigenvalue weighted by Crippen LogP contribution is 2.26. The van der Waals surface area contributed by atoms with E-state index in [2.05, 4.69) is 16.0 Å². The van der Waals surface area contributed by atoms with Gasteiger partial charge in [-0.25, -0.2) is 0 Å². The van der Waals surface area contributed by atoms with Crippen LogP contribution in [0.15, 0.2) is 60.7 Å². The zero-order chi connectivity index (χ0) is 26.1. The highest BCUT2D eigenvalue weighted by molar-refractivity contribution is 6.30. The smallest absolute Gasteiger partial charge is 0.224 e. The molecule has 9 heteroatoms. The van der Waals surface area contributed by atoms with Crippen LogP contribution in [0, 0.1) is 0 Å². The van der Waals surface area contributed by atoms with E-state index in [9.17, 15) is 24.9 Å². The highest BCUT2D eigenvalue weighted by atomic mass is 35.5. The minimum Gasteiger partial charge on any atom is -0.508 e. The number of halogens is 1. The van der Waals surface area contributed by atoms with E-state index in [-0.39, 0.29) is 48.6 Å². The molecule has 0 radical (unpaired) electrons. The van der Waals surface area contributed by atoms with E-state index in [1.165, 1.54) is 18.2 Å².